The lowest BCUT2D eigenvalue weighted by atomic mass is 9.82. The van der Waals surface area contributed by atoms with Gasteiger partial charge in [0.1, 0.15) is 22.7 Å². The monoisotopic (exact) mass is 725 g/mol. The van der Waals surface area contributed by atoms with Crippen LogP contribution < -0.4 is 20.9 Å². The minimum Gasteiger partial charge on any atom is -0.387 e. The third-order valence-corrected chi connectivity index (χ3v) is 12.1. The number of benzene rings is 1. The number of rotatable bonds is 9. The highest BCUT2D eigenvalue weighted by molar-refractivity contribution is 7.14. The van der Waals surface area contributed by atoms with Crippen LogP contribution in [0.15, 0.2) is 48.9 Å². The number of carbonyl (C=O) groups excluding carboxylic acids is 4. The number of piperidine rings is 2. The molecule has 1 atom stereocenters. The van der Waals surface area contributed by atoms with Gasteiger partial charge in [-0.2, -0.15) is 0 Å². The lowest BCUT2D eigenvalue weighted by Crippen LogP contribution is -2.54. The molecule has 2 saturated heterocycles. The second kappa shape index (κ2) is 14.2. The summed E-state index contributed by atoms with van der Waals surface area (Å²) in [6, 6.07) is 7.75. The molecule has 4 aromatic rings. The lowest BCUT2D eigenvalue weighted by molar-refractivity contribution is -0.136. The molecule has 13 nitrogen and oxygen atoms in total. The van der Waals surface area contributed by atoms with Gasteiger partial charge in [0.15, 0.2) is 5.01 Å². The van der Waals surface area contributed by atoms with Gasteiger partial charge in [-0.05, 0) is 81.7 Å². The molecule has 4 aliphatic rings. The number of imide groups is 2. The Hall–Kier alpha value is -5.02. The Balaban J connectivity index is 0.819. The summed E-state index contributed by atoms with van der Waals surface area (Å²) in [4.78, 5) is 57.8. The molecule has 3 aliphatic heterocycles. The number of hydrogen-bond donors (Lipinski definition) is 3. The molecule has 3 aromatic heterocycles. The molecule has 1 saturated carbocycles. The van der Waals surface area contributed by atoms with Crippen molar-refractivity contribution in [3.63, 3.8) is 0 Å². The summed E-state index contributed by atoms with van der Waals surface area (Å²) in [7, 11) is 1.90. The quantitative estimate of drug-likeness (QED) is 0.210. The molecule has 270 valence electrons. The van der Waals surface area contributed by atoms with Crippen LogP contribution in [0.2, 0.25) is 0 Å². The zero-order chi connectivity index (χ0) is 35.9. The van der Waals surface area contributed by atoms with Crippen LogP contribution in [0.1, 0.15) is 83.0 Å². The van der Waals surface area contributed by atoms with Crippen molar-refractivity contribution >= 4 is 46.3 Å². The van der Waals surface area contributed by atoms with Crippen molar-refractivity contribution in [3.05, 3.63) is 70.9 Å². The summed E-state index contributed by atoms with van der Waals surface area (Å²) in [6.07, 6.45) is 11.9. The molecule has 1 aliphatic carbocycles. The van der Waals surface area contributed by atoms with E-state index >= 15 is 4.39 Å². The first-order chi connectivity index (χ1) is 25.3. The van der Waals surface area contributed by atoms with E-state index in [4.69, 9.17) is 0 Å². The first-order valence-electron chi connectivity index (χ1n) is 18.0. The molecule has 4 amide bonds. The van der Waals surface area contributed by atoms with Gasteiger partial charge in [0, 0.05) is 68.9 Å². The molecule has 8 rings (SSSR count). The number of halogens is 1. The third-order valence-electron chi connectivity index (χ3n) is 10.9. The molecule has 0 radical (unpaired) electrons. The number of nitrogens with one attached hydrogen (secondary N) is 3. The minimum absolute atomic E-state index is 0.0292. The van der Waals surface area contributed by atoms with Crippen LogP contribution in [0.25, 0.3) is 16.4 Å². The molecule has 6 heterocycles. The number of fused-ring (bicyclic) bond motifs is 1. The van der Waals surface area contributed by atoms with Crippen LogP contribution in [-0.4, -0.2) is 87.0 Å². The van der Waals surface area contributed by atoms with Gasteiger partial charge in [-0.15, -0.1) is 10.2 Å². The second-order valence-electron chi connectivity index (χ2n) is 14.1. The number of amides is 4. The molecule has 1 unspecified atom stereocenters. The SMILES string of the molecule is CNc1cc(-n2cccc2)ncc1-c1nnc(C2CCC(CNC3CCN(c4cc5c(cc4F)C(=O)N(C4CCC(=O)NC4=O)C5=O)CC3)CC2)s1. The van der Waals surface area contributed by atoms with E-state index < -0.39 is 35.5 Å². The van der Waals surface area contributed by atoms with Crippen LogP contribution in [0.4, 0.5) is 15.8 Å². The van der Waals surface area contributed by atoms with Gasteiger partial charge < -0.3 is 20.1 Å². The van der Waals surface area contributed by atoms with Crippen LogP contribution in [0.5, 0.6) is 0 Å². The highest BCUT2D eigenvalue weighted by Crippen LogP contribution is 2.40. The molecule has 3 fully saturated rings. The van der Waals surface area contributed by atoms with Crippen molar-refractivity contribution in [2.75, 3.05) is 36.9 Å². The highest BCUT2D eigenvalue weighted by atomic mass is 32.1. The summed E-state index contributed by atoms with van der Waals surface area (Å²) in [6.45, 7) is 2.15. The Morgan fingerprint density at radius 1 is 0.904 bits per heavy atom. The number of aromatic nitrogens is 4. The van der Waals surface area contributed by atoms with E-state index in [1.807, 2.05) is 53.3 Å². The fraction of sp³-hybridized carbons (Fsp3) is 0.432. The number of hydrogen-bond acceptors (Lipinski definition) is 11. The predicted molar refractivity (Wildman–Crippen MR) is 193 cm³/mol. The summed E-state index contributed by atoms with van der Waals surface area (Å²) in [5.41, 5.74) is 2.24. The molecule has 3 N–H and O–H groups in total. The summed E-state index contributed by atoms with van der Waals surface area (Å²) < 4.78 is 17.3. The zero-order valence-electron chi connectivity index (χ0n) is 28.8. The summed E-state index contributed by atoms with van der Waals surface area (Å²) >= 11 is 1.65. The predicted octanol–water partition coefficient (Wildman–Crippen LogP) is 4.51. The average Bonchev–Trinajstić information content (AvgIpc) is 3.93. The number of anilines is 2. The molecule has 1 aromatic carbocycles. The van der Waals surface area contributed by atoms with Crippen molar-refractivity contribution in [2.24, 2.45) is 5.92 Å². The normalized spacial score (nSPS) is 22.5. The average molecular weight is 726 g/mol. The van der Waals surface area contributed by atoms with Crippen LogP contribution >= 0.6 is 11.3 Å². The van der Waals surface area contributed by atoms with Crippen molar-refractivity contribution in [3.8, 4) is 16.4 Å². The molecule has 0 bridgehead atoms. The van der Waals surface area contributed by atoms with Gasteiger partial charge in [0.2, 0.25) is 11.8 Å². The van der Waals surface area contributed by atoms with E-state index in [1.54, 1.807) is 11.3 Å². The van der Waals surface area contributed by atoms with E-state index in [0.29, 0.717) is 31.0 Å². The van der Waals surface area contributed by atoms with Crippen molar-refractivity contribution in [2.45, 2.75) is 69.4 Å². The topological polar surface area (TPSA) is 154 Å². The van der Waals surface area contributed by atoms with E-state index in [9.17, 15) is 19.2 Å². The lowest BCUT2D eigenvalue weighted by Gasteiger charge is -2.35. The van der Waals surface area contributed by atoms with E-state index in [2.05, 4.69) is 31.1 Å². The van der Waals surface area contributed by atoms with E-state index in [0.717, 1.165) is 83.1 Å². The van der Waals surface area contributed by atoms with E-state index in [1.165, 1.54) is 6.07 Å². The van der Waals surface area contributed by atoms with Gasteiger partial charge in [-0.25, -0.2) is 9.37 Å². The van der Waals surface area contributed by atoms with E-state index in [-0.39, 0.29) is 29.7 Å². The van der Waals surface area contributed by atoms with Crippen molar-refractivity contribution < 1.29 is 23.6 Å². The number of pyridine rings is 1. The smallest absolute Gasteiger partial charge is 0.262 e. The summed E-state index contributed by atoms with van der Waals surface area (Å²) in [5.74, 6) is -1.22. The van der Waals surface area contributed by atoms with Crippen molar-refractivity contribution in [1.29, 1.82) is 0 Å². The summed E-state index contributed by atoms with van der Waals surface area (Å²) in [5, 5.41) is 20.3. The molecule has 52 heavy (non-hydrogen) atoms. The van der Waals surface area contributed by atoms with Gasteiger partial charge in [-0.1, -0.05) is 11.3 Å². The number of carbonyl (C=O) groups is 4. The molecular weight excluding hydrogens is 686 g/mol. The zero-order valence-corrected chi connectivity index (χ0v) is 29.6. The van der Waals surface area contributed by atoms with Crippen molar-refractivity contribution in [1.82, 2.24) is 35.3 Å². The Bertz CT molecular complexity index is 2020. The maximum Gasteiger partial charge on any atom is 0.262 e. The highest BCUT2D eigenvalue weighted by Gasteiger charge is 2.45. The standard InChI is InChI=1S/C37H40FN9O4S/c1-39-28-18-31(46-12-2-3-13-46)41-20-26(28)35-44-43-34(52-35)22-6-4-21(5-7-22)19-40-23-10-14-45(15-11-23)30-17-25-24(16-27(30)38)36(50)47(37(25)51)29-8-9-32(48)42-33(29)49/h2-3,12-13,16-18,20-23,29,40H,4-11,14-15,19H2,1H3,(H,39,41)(H,42,48,49). The Labute approximate surface area is 304 Å². The van der Waals surface area contributed by atoms with Gasteiger partial charge in [-0.3, -0.25) is 29.4 Å². The van der Waals surface area contributed by atoms with Gasteiger partial charge in [0.05, 0.1) is 22.4 Å². The van der Waals surface area contributed by atoms with Gasteiger partial charge in [0.25, 0.3) is 11.8 Å². The first-order valence-corrected chi connectivity index (χ1v) is 18.8. The molecule has 0 spiro atoms. The van der Waals surface area contributed by atoms with Gasteiger partial charge >= 0.3 is 0 Å². The van der Waals surface area contributed by atoms with Crippen LogP contribution in [-0.2, 0) is 9.59 Å². The maximum atomic E-state index is 15.4. The number of nitrogens with zero attached hydrogens (tertiary/aromatic N) is 6. The van der Waals surface area contributed by atoms with Crippen LogP contribution in [0, 0.1) is 11.7 Å². The Morgan fingerprint density at radius 2 is 1.63 bits per heavy atom. The second-order valence-corrected chi connectivity index (χ2v) is 15.1. The molecular formula is C37H40FN9O4S. The first kappa shape index (κ1) is 34.1. The Morgan fingerprint density at radius 3 is 2.35 bits per heavy atom. The minimum atomic E-state index is -1.08. The largest absolute Gasteiger partial charge is 0.387 e. The Kier molecular flexibility index (Phi) is 9.30. The maximum absolute atomic E-state index is 15.4. The fourth-order valence-electron chi connectivity index (χ4n) is 7.95. The third kappa shape index (κ3) is 6.47. The fourth-order valence-corrected chi connectivity index (χ4v) is 8.99. The van der Waals surface area contributed by atoms with Crippen LogP contribution in [0.3, 0.4) is 0 Å². The molecule has 15 heteroatoms.